The van der Waals surface area contributed by atoms with E-state index in [1.807, 2.05) is 6.92 Å². The minimum atomic E-state index is -0.563. The maximum absolute atomic E-state index is 10.5. The molecule has 0 aromatic carbocycles. The summed E-state index contributed by atoms with van der Waals surface area (Å²) in [6.07, 6.45) is 0.842. The lowest BCUT2D eigenvalue weighted by molar-refractivity contribution is -0.384. The first-order valence-corrected chi connectivity index (χ1v) is 4.96. The minimum absolute atomic E-state index is 0.0911. The SMILES string of the molecule is CCC(CN)Nc1ccc([N+](=O)[O-])c(N)n1. The molecular formula is C9H15N5O2. The highest BCUT2D eigenvalue weighted by Crippen LogP contribution is 2.21. The molecule has 1 aromatic heterocycles. The van der Waals surface area contributed by atoms with Crippen LogP contribution in [0.2, 0.25) is 0 Å². The first kappa shape index (κ1) is 12.2. The van der Waals surface area contributed by atoms with Crippen molar-refractivity contribution in [3.63, 3.8) is 0 Å². The topological polar surface area (TPSA) is 120 Å². The number of nitro groups is 1. The molecule has 0 bridgehead atoms. The normalized spacial score (nSPS) is 12.1. The second-order valence-electron chi connectivity index (χ2n) is 3.34. The summed E-state index contributed by atoms with van der Waals surface area (Å²) in [5, 5.41) is 13.6. The van der Waals surface area contributed by atoms with Gasteiger partial charge in [0, 0.05) is 18.7 Å². The van der Waals surface area contributed by atoms with Gasteiger partial charge >= 0.3 is 5.69 Å². The monoisotopic (exact) mass is 225 g/mol. The van der Waals surface area contributed by atoms with Gasteiger partial charge in [-0.2, -0.15) is 0 Å². The molecule has 0 amide bonds. The number of nitrogens with zero attached hydrogens (tertiary/aromatic N) is 2. The molecule has 7 heteroatoms. The zero-order valence-corrected chi connectivity index (χ0v) is 9.01. The Labute approximate surface area is 93.0 Å². The third-order valence-corrected chi connectivity index (χ3v) is 2.23. The largest absolute Gasteiger partial charge is 0.378 e. The Balaban J connectivity index is 2.84. The number of nitrogens with two attached hydrogens (primary N) is 2. The van der Waals surface area contributed by atoms with Crippen molar-refractivity contribution in [2.75, 3.05) is 17.6 Å². The first-order valence-electron chi connectivity index (χ1n) is 4.96. The summed E-state index contributed by atoms with van der Waals surface area (Å²) in [7, 11) is 0. The molecule has 1 unspecified atom stereocenters. The van der Waals surface area contributed by atoms with Crippen LogP contribution in [-0.4, -0.2) is 22.5 Å². The van der Waals surface area contributed by atoms with Gasteiger partial charge in [0.05, 0.1) is 4.92 Å². The molecule has 0 aliphatic carbocycles. The van der Waals surface area contributed by atoms with E-state index in [0.29, 0.717) is 12.4 Å². The summed E-state index contributed by atoms with van der Waals surface area (Å²) in [6.45, 7) is 2.45. The quantitative estimate of drug-likeness (QED) is 0.501. The van der Waals surface area contributed by atoms with Gasteiger partial charge in [0.2, 0.25) is 5.82 Å². The van der Waals surface area contributed by atoms with Crippen LogP contribution in [0.25, 0.3) is 0 Å². The number of nitrogen functional groups attached to an aromatic ring is 1. The Bertz CT molecular complexity index is 378. The van der Waals surface area contributed by atoms with Crippen molar-refractivity contribution in [1.29, 1.82) is 0 Å². The Morgan fingerprint density at radius 3 is 2.75 bits per heavy atom. The average Bonchev–Trinajstić information content (AvgIpc) is 2.25. The number of rotatable bonds is 5. The van der Waals surface area contributed by atoms with Crippen LogP contribution >= 0.6 is 0 Å². The van der Waals surface area contributed by atoms with Gasteiger partial charge in [-0.15, -0.1) is 0 Å². The number of pyridine rings is 1. The van der Waals surface area contributed by atoms with Gasteiger partial charge in [-0.1, -0.05) is 6.92 Å². The molecule has 1 aromatic rings. The van der Waals surface area contributed by atoms with Crippen molar-refractivity contribution in [2.24, 2.45) is 5.73 Å². The molecule has 1 heterocycles. The van der Waals surface area contributed by atoms with E-state index in [1.54, 1.807) is 0 Å². The number of hydrogen-bond donors (Lipinski definition) is 3. The fraction of sp³-hybridized carbons (Fsp3) is 0.444. The number of hydrogen-bond acceptors (Lipinski definition) is 6. The standard InChI is InChI=1S/C9H15N5O2/c1-2-6(5-10)12-8-4-3-7(14(15)16)9(11)13-8/h3-4,6H,2,5,10H2,1H3,(H3,11,12,13). The Morgan fingerprint density at radius 1 is 1.62 bits per heavy atom. The Morgan fingerprint density at radius 2 is 2.31 bits per heavy atom. The van der Waals surface area contributed by atoms with E-state index in [-0.39, 0.29) is 17.5 Å². The Kier molecular flexibility index (Phi) is 4.01. The van der Waals surface area contributed by atoms with Gasteiger partial charge in [0.1, 0.15) is 5.82 Å². The molecule has 1 atom stereocenters. The van der Waals surface area contributed by atoms with Crippen molar-refractivity contribution in [3.8, 4) is 0 Å². The molecule has 0 saturated heterocycles. The second kappa shape index (κ2) is 5.26. The molecular weight excluding hydrogens is 210 g/mol. The number of nitrogens with one attached hydrogen (secondary N) is 1. The predicted octanol–water partition coefficient (Wildman–Crippen LogP) is 0.721. The van der Waals surface area contributed by atoms with E-state index in [0.717, 1.165) is 6.42 Å². The van der Waals surface area contributed by atoms with Crippen LogP contribution in [-0.2, 0) is 0 Å². The molecule has 0 aliphatic heterocycles. The Hall–Kier alpha value is -1.89. The van der Waals surface area contributed by atoms with Gasteiger partial charge in [-0.3, -0.25) is 10.1 Å². The van der Waals surface area contributed by atoms with E-state index in [1.165, 1.54) is 12.1 Å². The van der Waals surface area contributed by atoms with Gasteiger partial charge in [-0.25, -0.2) is 4.98 Å². The maximum atomic E-state index is 10.5. The third-order valence-electron chi connectivity index (χ3n) is 2.23. The van der Waals surface area contributed by atoms with Crippen molar-refractivity contribution >= 4 is 17.3 Å². The number of anilines is 2. The third kappa shape index (κ3) is 2.80. The molecule has 5 N–H and O–H groups in total. The van der Waals surface area contributed by atoms with Crippen LogP contribution in [0.15, 0.2) is 12.1 Å². The lowest BCUT2D eigenvalue weighted by Crippen LogP contribution is -2.28. The van der Waals surface area contributed by atoms with E-state index in [2.05, 4.69) is 10.3 Å². The van der Waals surface area contributed by atoms with Gasteiger partial charge in [0.15, 0.2) is 0 Å². The van der Waals surface area contributed by atoms with Crippen LogP contribution < -0.4 is 16.8 Å². The van der Waals surface area contributed by atoms with Crippen molar-refractivity contribution in [2.45, 2.75) is 19.4 Å². The van der Waals surface area contributed by atoms with Gasteiger partial charge < -0.3 is 16.8 Å². The lowest BCUT2D eigenvalue weighted by Gasteiger charge is -2.15. The van der Waals surface area contributed by atoms with E-state index in [4.69, 9.17) is 11.5 Å². The molecule has 88 valence electrons. The fourth-order valence-electron chi connectivity index (χ4n) is 1.24. The molecule has 0 aliphatic rings. The summed E-state index contributed by atoms with van der Waals surface area (Å²) >= 11 is 0. The van der Waals surface area contributed by atoms with Crippen molar-refractivity contribution in [3.05, 3.63) is 22.2 Å². The van der Waals surface area contributed by atoms with E-state index < -0.39 is 4.92 Å². The predicted molar refractivity (Wildman–Crippen MR) is 62.1 cm³/mol. The zero-order valence-electron chi connectivity index (χ0n) is 9.01. The van der Waals surface area contributed by atoms with E-state index in [9.17, 15) is 10.1 Å². The molecule has 16 heavy (non-hydrogen) atoms. The lowest BCUT2D eigenvalue weighted by atomic mass is 10.2. The van der Waals surface area contributed by atoms with Crippen molar-refractivity contribution < 1.29 is 4.92 Å². The summed E-state index contributed by atoms with van der Waals surface area (Å²) in [6, 6.07) is 2.94. The smallest absolute Gasteiger partial charge is 0.311 e. The highest BCUT2D eigenvalue weighted by Gasteiger charge is 2.13. The molecule has 0 saturated carbocycles. The molecule has 1 rings (SSSR count). The molecule has 0 spiro atoms. The van der Waals surface area contributed by atoms with Crippen LogP contribution in [0.4, 0.5) is 17.3 Å². The van der Waals surface area contributed by atoms with Crippen LogP contribution in [0, 0.1) is 10.1 Å². The summed E-state index contributed by atoms with van der Waals surface area (Å²) < 4.78 is 0. The van der Waals surface area contributed by atoms with Crippen LogP contribution in [0.1, 0.15) is 13.3 Å². The molecule has 7 nitrogen and oxygen atoms in total. The molecule has 0 radical (unpaired) electrons. The highest BCUT2D eigenvalue weighted by molar-refractivity contribution is 5.57. The van der Waals surface area contributed by atoms with E-state index >= 15 is 0 Å². The van der Waals surface area contributed by atoms with Gasteiger partial charge in [0.25, 0.3) is 0 Å². The van der Waals surface area contributed by atoms with Gasteiger partial charge in [-0.05, 0) is 12.5 Å². The fourth-order valence-corrected chi connectivity index (χ4v) is 1.24. The summed E-state index contributed by atoms with van der Waals surface area (Å²) in [5.41, 5.74) is 10.8. The molecule has 0 fully saturated rings. The van der Waals surface area contributed by atoms with Crippen molar-refractivity contribution in [1.82, 2.24) is 4.98 Å². The number of aromatic nitrogens is 1. The van der Waals surface area contributed by atoms with Crippen LogP contribution in [0.5, 0.6) is 0 Å². The van der Waals surface area contributed by atoms with Crippen LogP contribution in [0.3, 0.4) is 0 Å². The summed E-state index contributed by atoms with van der Waals surface area (Å²) in [4.78, 5) is 13.8. The zero-order chi connectivity index (χ0) is 12.1. The first-order chi connectivity index (χ1) is 7.58. The minimum Gasteiger partial charge on any atom is -0.378 e. The maximum Gasteiger partial charge on any atom is 0.311 e. The summed E-state index contributed by atoms with van der Waals surface area (Å²) in [5.74, 6) is 0.405. The highest BCUT2D eigenvalue weighted by atomic mass is 16.6. The second-order valence-corrected chi connectivity index (χ2v) is 3.34. The average molecular weight is 225 g/mol.